The Balaban J connectivity index is 0.000000180. The molecule has 9 nitrogen and oxygen atoms in total. The minimum Gasteiger partial charge on any atom is -0.397 e. The van der Waals surface area contributed by atoms with Crippen molar-refractivity contribution in [3.63, 3.8) is 0 Å². The van der Waals surface area contributed by atoms with Crippen molar-refractivity contribution in [3.05, 3.63) is 96.1 Å². The minimum absolute atomic E-state index is 0.250. The van der Waals surface area contributed by atoms with Crippen LogP contribution in [0.2, 0.25) is 0 Å². The number of aliphatic hydroxyl groups is 1. The summed E-state index contributed by atoms with van der Waals surface area (Å²) in [5.74, 6) is -0.660. The van der Waals surface area contributed by atoms with Crippen LogP contribution < -0.4 is 10.6 Å². The number of amides is 2. The molecule has 5 aromatic rings. The van der Waals surface area contributed by atoms with E-state index in [-0.39, 0.29) is 18.4 Å². The molecule has 2 amide bonds. The van der Waals surface area contributed by atoms with Gasteiger partial charge in [-0.15, -0.1) is 10.2 Å². The number of imide groups is 1. The normalized spacial score (nSPS) is 11.8. The third kappa shape index (κ3) is 5.59. The van der Waals surface area contributed by atoms with Crippen LogP contribution >= 0.6 is 23.1 Å². The highest BCUT2D eigenvalue weighted by molar-refractivity contribution is 7.11. The number of fused-ring (bicyclic) bond motifs is 1. The molecule has 186 valence electrons. The van der Waals surface area contributed by atoms with Crippen LogP contribution in [-0.4, -0.2) is 42.7 Å². The molecule has 3 heterocycles. The Morgan fingerprint density at radius 1 is 0.730 bits per heavy atom. The largest absolute Gasteiger partial charge is 0.397 e. The molecule has 0 spiro atoms. The standard InChI is InChI=1S/C16H9N3O2S.C8H7N3S.C2H6O/c20-14-11-8-4-5-9-12(11)15(21)19(14)16-13(17-18-22-16)10-6-2-1-3-7-10;9-8-7(10-11-12-8)6-4-2-1-3-5-6;1-2-3/h1-9H;1-5H,9H2;3H,2H2,1H3. The zero-order valence-corrected chi connectivity index (χ0v) is 21.3. The van der Waals surface area contributed by atoms with Crippen LogP contribution in [0.25, 0.3) is 22.5 Å². The van der Waals surface area contributed by atoms with E-state index < -0.39 is 0 Å². The average Bonchev–Trinajstić information content (AvgIpc) is 3.65. The second-order valence-corrected chi connectivity index (χ2v) is 8.97. The Morgan fingerprint density at radius 3 is 1.65 bits per heavy atom. The fourth-order valence-corrected chi connectivity index (χ4v) is 4.63. The number of aliphatic hydroxyl groups excluding tert-OH is 1. The summed E-state index contributed by atoms with van der Waals surface area (Å²) >= 11 is 2.26. The van der Waals surface area contributed by atoms with Gasteiger partial charge in [-0.1, -0.05) is 81.8 Å². The molecule has 11 heteroatoms. The molecule has 0 unspecified atom stereocenters. The first kappa shape index (κ1) is 25.8. The first-order valence-electron chi connectivity index (χ1n) is 11.2. The first-order chi connectivity index (χ1) is 18.1. The summed E-state index contributed by atoms with van der Waals surface area (Å²) in [5, 5.41) is 16.7. The van der Waals surface area contributed by atoms with Crippen LogP contribution in [0.3, 0.4) is 0 Å². The lowest BCUT2D eigenvalue weighted by Gasteiger charge is -2.12. The first-order valence-corrected chi connectivity index (χ1v) is 12.7. The monoisotopic (exact) mass is 530 g/mol. The van der Waals surface area contributed by atoms with Gasteiger partial charge in [0.1, 0.15) is 16.4 Å². The zero-order chi connectivity index (χ0) is 26.2. The van der Waals surface area contributed by atoms with Gasteiger partial charge >= 0.3 is 0 Å². The van der Waals surface area contributed by atoms with Crippen LogP contribution in [-0.2, 0) is 0 Å². The quantitative estimate of drug-likeness (QED) is 0.318. The molecule has 3 aromatic carbocycles. The zero-order valence-electron chi connectivity index (χ0n) is 19.7. The SMILES string of the molecule is CCO.Nc1snnc1-c1ccccc1.O=C1c2ccccc2C(=O)N1c1snnc1-c1ccccc1. The molecule has 0 bridgehead atoms. The predicted molar refractivity (Wildman–Crippen MR) is 145 cm³/mol. The summed E-state index contributed by atoms with van der Waals surface area (Å²) in [6, 6.07) is 26.0. The Labute approximate surface area is 221 Å². The van der Waals surface area contributed by atoms with Crippen LogP contribution in [0.4, 0.5) is 10.0 Å². The van der Waals surface area contributed by atoms with Gasteiger partial charge in [-0.3, -0.25) is 9.59 Å². The Kier molecular flexibility index (Phi) is 8.41. The van der Waals surface area contributed by atoms with Gasteiger partial charge in [-0.2, -0.15) is 0 Å². The maximum Gasteiger partial charge on any atom is 0.266 e. The average molecular weight is 531 g/mol. The number of nitrogen functional groups attached to an aromatic ring is 1. The smallest absolute Gasteiger partial charge is 0.266 e. The molecular formula is C26H22N6O3S2. The molecule has 3 N–H and O–H groups in total. The second kappa shape index (κ2) is 12.1. The van der Waals surface area contributed by atoms with Gasteiger partial charge < -0.3 is 10.8 Å². The van der Waals surface area contributed by atoms with E-state index in [1.807, 2.05) is 60.7 Å². The van der Waals surface area contributed by atoms with Crippen molar-refractivity contribution in [2.75, 3.05) is 17.2 Å². The van der Waals surface area contributed by atoms with Gasteiger partial charge in [0.25, 0.3) is 11.8 Å². The van der Waals surface area contributed by atoms with Gasteiger partial charge in [-0.05, 0) is 19.1 Å². The van der Waals surface area contributed by atoms with E-state index in [2.05, 4.69) is 19.2 Å². The van der Waals surface area contributed by atoms with Crippen LogP contribution in [0.1, 0.15) is 27.6 Å². The highest BCUT2D eigenvalue weighted by atomic mass is 32.1. The minimum atomic E-state index is -0.330. The van der Waals surface area contributed by atoms with Crippen molar-refractivity contribution in [2.24, 2.45) is 0 Å². The summed E-state index contributed by atoms with van der Waals surface area (Å²) < 4.78 is 7.69. The lowest BCUT2D eigenvalue weighted by molar-refractivity contribution is 0.0927. The molecule has 0 saturated heterocycles. The number of rotatable bonds is 3. The van der Waals surface area contributed by atoms with Gasteiger partial charge in [-0.25, -0.2) is 4.90 Å². The van der Waals surface area contributed by atoms with E-state index in [0.29, 0.717) is 26.8 Å². The Hall–Kier alpha value is -4.32. The molecule has 0 atom stereocenters. The number of carbonyl (C=O) groups is 2. The van der Waals surface area contributed by atoms with Crippen LogP contribution in [0, 0.1) is 0 Å². The van der Waals surface area contributed by atoms with Crippen molar-refractivity contribution in [2.45, 2.75) is 6.92 Å². The number of carbonyl (C=O) groups excluding carboxylic acids is 2. The maximum absolute atomic E-state index is 12.5. The van der Waals surface area contributed by atoms with Crippen molar-refractivity contribution in [1.82, 2.24) is 19.2 Å². The molecule has 6 rings (SSSR count). The molecule has 1 aliphatic heterocycles. The molecule has 0 radical (unpaired) electrons. The molecule has 0 fully saturated rings. The number of aromatic nitrogens is 4. The fourth-order valence-electron chi connectivity index (χ4n) is 3.48. The van der Waals surface area contributed by atoms with E-state index in [9.17, 15) is 9.59 Å². The van der Waals surface area contributed by atoms with Crippen molar-refractivity contribution < 1.29 is 14.7 Å². The van der Waals surface area contributed by atoms with E-state index >= 15 is 0 Å². The number of nitrogens with two attached hydrogens (primary N) is 1. The molecule has 0 aliphatic carbocycles. The highest BCUT2D eigenvalue weighted by Gasteiger charge is 2.39. The maximum atomic E-state index is 12.5. The topological polar surface area (TPSA) is 135 Å². The third-order valence-electron chi connectivity index (χ3n) is 5.08. The number of anilines is 2. The van der Waals surface area contributed by atoms with Crippen LogP contribution in [0.5, 0.6) is 0 Å². The molecular weight excluding hydrogens is 508 g/mol. The van der Waals surface area contributed by atoms with Gasteiger partial charge in [0, 0.05) is 40.8 Å². The lowest BCUT2D eigenvalue weighted by Crippen LogP contribution is -2.29. The fraction of sp³-hybridized carbons (Fsp3) is 0.0769. The number of benzene rings is 3. The van der Waals surface area contributed by atoms with E-state index in [0.717, 1.165) is 33.3 Å². The van der Waals surface area contributed by atoms with Crippen molar-refractivity contribution >= 4 is 44.9 Å². The number of hydrogen-bond acceptors (Lipinski definition) is 10. The third-order valence-corrected chi connectivity index (χ3v) is 6.34. The van der Waals surface area contributed by atoms with Crippen molar-refractivity contribution in [1.29, 1.82) is 0 Å². The summed E-state index contributed by atoms with van der Waals surface area (Å²) in [6.45, 7) is 1.93. The highest BCUT2D eigenvalue weighted by Crippen LogP contribution is 2.37. The predicted octanol–water partition coefficient (Wildman–Crippen LogP) is 4.79. The number of nitrogens with zero attached hydrogens (tertiary/aromatic N) is 5. The molecule has 1 aliphatic rings. The van der Waals surface area contributed by atoms with Gasteiger partial charge in [0.05, 0.1) is 11.1 Å². The summed E-state index contributed by atoms with van der Waals surface area (Å²) in [4.78, 5) is 26.3. The lowest BCUT2D eigenvalue weighted by atomic mass is 10.1. The summed E-state index contributed by atoms with van der Waals surface area (Å²) in [6.07, 6.45) is 0. The van der Waals surface area contributed by atoms with E-state index in [1.165, 1.54) is 11.5 Å². The van der Waals surface area contributed by atoms with Gasteiger partial charge in [0.2, 0.25) is 0 Å². The van der Waals surface area contributed by atoms with Crippen LogP contribution in [0.15, 0.2) is 84.9 Å². The summed E-state index contributed by atoms with van der Waals surface area (Å²) in [5.41, 5.74) is 9.66. The Morgan fingerprint density at radius 2 is 1.16 bits per heavy atom. The number of hydrogen-bond donors (Lipinski definition) is 2. The second-order valence-electron chi connectivity index (χ2n) is 7.45. The van der Waals surface area contributed by atoms with E-state index in [4.69, 9.17) is 10.8 Å². The molecule has 2 aromatic heterocycles. The Bertz CT molecular complexity index is 1450. The van der Waals surface area contributed by atoms with Gasteiger partial charge in [0.15, 0.2) is 5.00 Å². The van der Waals surface area contributed by atoms with E-state index in [1.54, 1.807) is 31.2 Å². The molecule has 0 saturated carbocycles. The summed E-state index contributed by atoms with van der Waals surface area (Å²) in [7, 11) is 0. The molecule has 37 heavy (non-hydrogen) atoms. The van der Waals surface area contributed by atoms with Crippen molar-refractivity contribution in [3.8, 4) is 22.5 Å².